The number of benzene rings is 1. The minimum Gasteiger partial charge on any atom is -0.461 e. The van der Waals surface area contributed by atoms with Gasteiger partial charge in [-0.3, -0.25) is 9.88 Å². The van der Waals surface area contributed by atoms with Crippen LogP contribution in [0, 0.1) is 12.7 Å². The molecule has 4 fully saturated rings. The number of aryl methyl sites for hydroxylation is 1. The zero-order valence-corrected chi connectivity index (χ0v) is 25.8. The Bertz CT molecular complexity index is 1650. The first-order chi connectivity index (χ1) is 21.9. The third-order valence-electron chi connectivity index (χ3n) is 9.88. The van der Waals surface area contributed by atoms with Crippen molar-refractivity contribution < 1.29 is 35.8 Å². The molecule has 2 bridgehead atoms. The second kappa shape index (κ2) is 11.9. The highest BCUT2D eigenvalue weighted by Crippen LogP contribution is 2.45. The van der Waals surface area contributed by atoms with Crippen LogP contribution in [0.25, 0.3) is 22.2 Å². The molecule has 15 heteroatoms. The lowest BCUT2D eigenvalue weighted by Gasteiger charge is -2.31. The second-order valence-electron chi connectivity index (χ2n) is 12.8. The first-order valence-electron chi connectivity index (χ1n) is 15.5. The maximum absolute atomic E-state index is 16.6. The molecule has 4 atom stereocenters. The van der Waals surface area contributed by atoms with Gasteiger partial charge in [0.15, 0.2) is 5.82 Å². The van der Waals surface area contributed by atoms with E-state index in [2.05, 4.69) is 20.2 Å². The van der Waals surface area contributed by atoms with Crippen LogP contribution in [0.15, 0.2) is 18.3 Å². The molecule has 248 valence electrons. The molecule has 4 aliphatic rings. The summed E-state index contributed by atoms with van der Waals surface area (Å²) < 4.78 is 96.2. The van der Waals surface area contributed by atoms with E-state index >= 15 is 4.39 Å². The fourth-order valence-electron chi connectivity index (χ4n) is 7.83. The second-order valence-corrected chi connectivity index (χ2v) is 13.2. The molecule has 0 saturated carbocycles. The molecule has 0 unspecified atom stereocenters. The Morgan fingerprint density at radius 2 is 1.93 bits per heavy atom. The number of pyridine rings is 1. The van der Waals surface area contributed by atoms with Crippen molar-refractivity contribution in [2.24, 2.45) is 0 Å². The number of nitrogens with zero attached hydrogens (tertiary/aromatic N) is 5. The molecule has 0 radical (unpaired) electrons. The minimum atomic E-state index is -4.82. The smallest absolute Gasteiger partial charge is 0.418 e. The van der Waals surface area contributed by atoms with Gasteiger partial charge in [0.2, 0.25) is 0 Å². The molecule has 6 heterocycles. The number of ether oxygens (including phenoxy) is 2. The summed E-state index contributed by atoms with van der Waals surface area (Å²) in [6.45, 7) is 0.641. The number of anilines is 1. The van der Waals surface area contributed by atoms with Gasteiger partial charge in [0.1, 0.15) is 17.9 Å². The summed E-state index contributed by atoms with van der Waals surface area (Å²) >= 11 is 6.58. The van der Waals surface area contributed by atoms with Crippen molar-refractivity contribution in [3.05, 3.63) is 40.3 Å². The Balaban J connectivity index is 1.32. The SMILES string of the molecule is Cc1ccnc(-c2c(Cl)cc3c(N4CC[C@H]5CC[C@@H](C4)N5)nc(OC[C@@]45CCCN4C[C@@H](OC(F)F)C5)nc3c2F)c1C(F)(F)F. The standard InChI is InChI=1S/C31H33ClF6N6O2/c1-16-5-8-39-26(23(16)31(36,37)38)22-21(32)11-20-25(24(22)33)41-29(42-27(20)43-10-6-17-3-4-18(13-43)40-17)45-15-30-7-2-9-44(30)14-19(12-30)46-28(34)35/h5,8,11,17-19,28,40H,2-4,6-7,9-10,12-15H2,1H3/t17-,18+,19+,30+/m1/s1. The van der Waals surface area contributed by atoms with Gasteiger partial charge in [0.25, 0.3) is 0 Å². The highest BCUT2D eigenvalue weighted by molar-refractivity contribution is 6.34. The lowest BCUT2D eigenvalue weighted by atomic mass is 9.94. The predicted octanol–water partition coefficient (Wildman–Crippen LogP) is 6.37. The maximum Gasteiger partial charge on any atom is 0.418 e. The van der Waals surface area contributed by atoms with Crippen molar-refractivity contribution >= 4 is 28.3 Å². The van der Waals surface area contributed by atoms with Crippen molar-refractivity contribution in [1.82, 2.24) is 25.2 Å². The molecule has 0 aliphatic carbocycles. The summed E-state index contributed by atoms with van der Waals surface area (Å²) in [5.41, 5.74) is -3.19. The van der Waals surface area contributed by atoms with Crippen LogP contribution in [0.4, 0.5) is 32.2 Å². The average Bonchev–Trinajstić information content (AvgIpc) is 3.62. The number of hydrogen-bond acceptors (Lipinski definition) is 8. The highest BCUT2D eigenvalue weighted by atomic mass is 35.5. The van der Waals surface area contributed by atoms with E-state index in [0.717, 1.165) is 25.7 Å². The van der Waals surface area contributed by atoms with Gasteiger partial charge in [-0.1, -0.05) is 11.6 Å². The number of halogens is 7. The van der Waals surface area contributed by atoms with E-state index in [1.165, 1.54) is 25.3 Å². The summed E-state index contributed by atoms with van der Waals surface area (Å²) in [6, 6.07) is 2.97. The lowest BCUT2D eigenvalue weighted by molar-refractivity contribution is -0.159. The molecule has 0 amide bonds. The number of hydrogen-bond donors (Lipinski definition) is 1. The normalized spacial score (nSPS) is 26.7. The molecule has 46 heavy (non-hydrogen) atoms. The van der Waals surface area contributed by atoms with Crippen LogP contribution in [-0.4, -0.2) is 83.0 Å². The van der Waals surface area contributed by atoms with E-state index in [1.54, 1.807) is 0 Å². The lowest BCUT2D eigenvalue weighted by Crippen LogP contribution is -2.43. The topological polar surface area (TPSA) is 75.6 Å². The Kier molecular flexibility index (Phi) is 8.22. The first kappa shape index (κ1) is 31.6. The van der Waals surface area contributed by atoms with Gasteiger partial charge in [-0.05, 0) is 69.7 Å². The average molecular weight is 671 g/mol. The zero-order chi connectivity index (χ0) is 32.4. The number of fused-ring (bicyclic) bond motifs is 4. The van der Waals surface area contributed by atoms with E-state index in [0.29, 0.717) is 50.9 Å². The molecule has 8 nitrogen and oxygen atoms in total. The van der Waals surface area contributed by atoms with Gasteiger partial charge >= 0.3 is 18.8 Å². The van der Waals surface area contributed by atoms with Gasteiger partial charge in [-0.2, -0.15) is 31.9 Å². The third kappa shape index (κ3) is 5.75. The van der Waals surface area contributed by atoms with E-state index in [9.17, 15) is 22.0 Å². The molecule has 0 spiro atoms. The Morgan fingerprint density at radius 3 is 2.72 bits per heavy atom. The van der Waals surface area contributed by atoms with Crippen LogP contribution in [0.1, 0.15) is 49.7 Å². The predicted molar refractivity (Wildman–Crippen MR) is 159 cm³/mol. The Labute approximate surface area is 266 Å². The zero-order valence-electron chi connectivity index (χ0n) is 25.0. The van der Waals surface area contributed by atoms with E-state index in [4.69, 9.17) is 26.1 Å². The van der Waals surface area contributed by atoms with Crippen LogP contribution >= 0.6 is 11.6 Å². The summed E-state index contributed by atoms with van der Waals surface area (Å²) in [5, 5.41) is 3.58. The van der Waals surface area contributed by atoms with Crippen molar-refractivity contribution in [2.45, 2.75) is 82.0 Å². The number of alkyl halides is 5. The summed E-state index contributed by atoms with van der Waals surface area (Å²) in [6.07, 6.45) is 0.394. The fourth-order valence-corrected chi connectivity index (χ4v) is 8.11. The monoisotopic (exact) mass is 670 g/mol. The number of nitrogens with one attached hydrogen (secondary N) is 1. The molecule has 1 N–H and O–H groups in total. The van der Waals surface area contributed by atoms with Gasteiger partial charge in [0.05, 0.1) is 33.5 Å². The van der Waals surface area contributed by atoms with E-state index < -0.39 is 47.1 Å². The van der Waals surface area contributed by atoms with Crippen molar-refractivity contribution in [2.75, 3.05) is 37.7 Å². The number of rotatable bonds is 7. The fraction of sp³-hybridized carbons (Fsp3) is 0.581. The number of aromatic nitrogens is 3. The van der Waals surface area contributed by atoms with Gasteiger partial charge in [-0.15, -0.1) is 0 Å². The van der Waals surface area contributed by atoms with Gasteiger partial charge in [-0.25, -0.2) is 4.39 Å². The first-order valence-corrected chi connectivity index (χ1v) is 15.8. The van der Waals surface area contributed by atoms with Crippen LogP contribution in [-0.2, 0) is 10.9 Å². The van der Waals surface area contributed by atoms with Crippen molar-refractivity contribution in [3.63, 3.8) is 0 Å². The molecular formula is C31H33ClF6N6O2. The molecule has 3 aromatic rings. The summed E-state index contributed by atoms with van der Waals surface area (Å²) in [4.78, 5) is 17.1. The molecule has 2 aromatic heterocycles. The highest BCUT2D eigenvalue weighted by Gasteiger charge is 2.50. The molecule has 4 aliphatic heterocycles. The maximum atomic E-state index is 16.6. The van der Waals surface area contributed by atoms with E-state index in [1.807, 2.05) is 4.90 Å². The molecular weight excluding hydrogens is 638 g/mol. The largest absolute Gasteiger partial charge is 0.461 e. The minimum absolute atomic E-state index is 0.0486. The third-order valence-corrected chi connectivity index (χ3v) is 10.2. The van der Waals surface area contributed by atoms with Crippen molar-refractivity contribution in [3.8, 4) is 17.3 Å². The quantitative estimate of drug-likeness (QED) is 0.291. The Hall–Kier alpha value is -2.94. The Morgan fingerprint density at radius 1 is 1.13 bits per heavy atom. The van der Waals surface area contributed by atoms with Gasteiger partial charge < -0.3 is 19.7 Å². The summed E-state index contributed by atoms with van der Waals surface area (Å²) in [5.74, 6) is -0.706. The van der Waals surface area contributed by atoms with Crippen LogP contribution in [0.5, 0.6) is 6.01 Å². The van der Waals surface area contributed by atoms with E-state index in [-0.39, 0.29) is 40.1 Å². The molecule has 7 rings (SSSR count). The molecule has 4 saturated heterocycles. The van der Waals surface area contributed by atoms with Crippen LogP contribution in [0.3, 0.4) is 0 Å². The van der Waals surface area contributed by atoms with Crippen LogP contribution < -0.4 is 15.0 Å². The van der Waals surface area contributed by atoms with Crippen LogP contribution in [0.2, 0.25) is 5.02 Å². The van der Waals surface area contributed by atoms with Gasteiger partial charge in [0, 0.05) is 43.3 Å². The van der Waals surface area contributed by atoms with Crippen molar-refractivity contribution in [1.29, 1.82) is 0 Å². The summed E-state index contributed by atoms with van der Waals surface area (Å²) in [7, 11) is 0. The molecule has 1 aromatic carbocycles.